The quantitative estimate of drug-likeness (QED) is 0.778. The van der Waals surface area contributed by atoms with Gasteiger partial charge in [-0.25, -0.2) is 4.98 Å². The Morgan fingerprint density at radius 3 is 2.75 bits per heavy atom. The number of carbonyl (C=O) groups excluding carboxylic acids is 1. The number of hydrogen-bond acceptors (Lipinski definition) is 4. The van der Waals surface area contributed by atoms with Crippen LogP contribution in [0, 0.1) is 0 Å². The van der Waals surface area contributed by atoms with Gasteiger partial charge in [0.25, 0.3) is 0 Å². The Labute approximate surface area is 136 Å². The van der Waals surface area contributed by atoms with Crippen molar-refractivity contribution in [2.24, 2.45) is 7.05 Å². The highest BCUT2D eigenvalue weighted by molar-refractivity contribution is 5.78. The molecule has 6 nitrogen and oxygen atoms in total. The van der Waals surface area contributed by atoms with Crippen molar-refractivity contribution >= 4 is 16.9 Å². The number of alkyl halides is 3. The third-order valence-corrected chi connectivity index (χ3v) is 3.41. The van der Waals surface area contributed by atoms with Gasteiger partial charge in [0.2, 0.25) is 5.91 Å². The van der Waals surface area contributed by atoms with Gasteiger partial charge in [-0.15, -0.1) is 0 Å². The number of nitrogens with one attached hydrogen (secondary N) is 1. The monoisotopic (exact) mass is 345 g/mol. The lowest BCUT2D eigenvalue weighted by Gasteiger charge is -2.07. The van der Waals surface area contributed by atoms with E-state index in [4.69, 9.17) is 9.47 Å². The maximum atomic E-state index is 12.7. The molecule has 0 spiro atoms. The van der Waals surface area contributed by atoms with Gasteiger partial charge in [-0.1, -0.05) is 0 Å². The van der Waals surface area contributed by atoms with Crippen LogP contribution in [0.1, 0.15) is 11.4 Å². The van der Waals surface area contributed by atoms with E-state index in [1.165, 1.54) is 13.2 Å². The van der Waals surface area contributed by atoms with Crippen LogP contribution in [0.25, 0.3) is 11.0 Å². The molecule has 9 heteroatoms. The fraction of sp³-hybridized carbons (Fsp3) is 0.467. The summed E-state index contributed by atoms with van der Waals surface area (Å²) in [5, 5.41) is 2.61. The van der Waals surface area contributed by atoms with E-state index in [0.717, 1.165) is 12.1 Å². The molecule has 0 fully saturated rings. The molecule has 1 N–H and O–H groups in total. The molecular weight excluding hydrogens is 327 g/mol. The molecule has 1 amide bonds. The van der Waals surface area contributed by atoms with Crippen LogP contribution in [-0.4, -0.2) is 42.4 Å². The number of fused-ring (bicyclic) bond motifs is 1. The highest BCUT2D eigenvalue weighted by atomic mass is 19.4. The van der Waals surface area contributed by atoms with Crippen molar-refractivity contribution in [2.75, 3.05) is 26.9 Å². The van der Waals surface area contributed by atoms with Gasteiger partial charge in [0.15, 0.2) is 0 Å². The molecule has 0 unspecified atom stereocenters. The molecule has 0 aliphatic heterocycles. The van der Waals surface area contributed by atoms with Crippen molar-refractivity contribution in [1.29, 1.82) is 0 Å². The van der Waals surface area contributed by atoms with Gasteiger partial charge in [0.1, 0.15) is 12.4 Å². The molecule has 1 aromatic heterocycles. The standard InChI is InChI=1S/C15H18F3N3O3/c1-21-12-4-3-10(15(16,17)18)7-11(12)20-13(21)8-19-14(22)9-24-6-5-23-2/h3-4,7H,5-6,8-9H2,1-2H3,(H,19,22). The van der Waals surface area contributed by atoms with Gasteiger partial charge in [-0.05, 0) is 18.2 Å². The van der Waals surface area contributed by atoms with Gasteiger partial charge < -0.3 is 19.4 Å². The second-order valence-corrected chi connectivity index (χ2v) is 5.11. The summed E-state index contributed by atoms with van der Waals surface area (Å²) in [6, 6.07) is 3.37. The van der Waals surface area contributed by atoms with Crippen LogP contribution in [0.2, 0.25) is 0 Å². The second-order valence-electron chi connectivity index (χ2n) is 5.11. The molecule has 2 rings (SSSR count). The van der Waals surface area contributed by atoms with E-state index < -0.39 is 11.7 Å². The number of nitrogens with zero attached hydrogens (tertiary/aromatic N) is 2. The molecule has 0 aliphatic rings. The minimum Gasteiger partial charge on any atom is -0.382 e. The van der Waals surface area contributed by atoms with Crippen LogP contribution in [-0.2, 0) is 34.0 Å². The van der Waals surface area contributed by atoms with Crippen molar-refractivity contribution < 1.29 is 27.4 Å². The van der Waals surface area contributed by atoms with Crippen molar-refractivity contribution in [3.63, 3.8) is 0 Å². The normalized spacial score (nSPS) is 11.9. The summed E-state index contributed by atoms with van der Waals surface area (Å²) in [7, 11) is 3.21. The van der Waals surface area contributed by atoms with E-state index in [-0.39, 0.29) is 24.6 Å². The minimum absolute atomic E-state index is 0.0962. The molecule has 24 heavy (non-hydrogen) atoms. The summed E-state index contributed by atoms with van der Waals surface area (Å²) in [4.78, 5) is 15.8. The van der Waals surface area contributed by atoms with Gasteiger partial charge in [-0.2, -0.15) is 13.2 Å². The zero-order valence-electron chi connectivity index (χ0n) is 13.3. The van der Waals surface area contributed by atoms with Gasteiger partial charge in [-0.3, -0.25) is 4.79 Å². The number of amides is 1. The highest BCUT2D eigenvalue weighted by Gasteiger charge is 2.31. The van der Waals surface area contributed by atoms with Crippen LogP contribution in [0.15, 0.2) is 18.2 Å². The Morgan fingerprint density at radius 1 is 1.33 bits per heavy atom. The van der Waals surface area contributed by atoms with Crippen LogP contribution in [0.5, 0.6) is 0 Å². The number of imidazole rings is 1. The number of carbonyl (C=O) groups is 1. The molecule has 0 atom stereocenters. The first-order chi connectivity index (χ1) is 11.3. The molecule has 0 saturated heterocycles. The number of aryl methyl sites for hydroxylation is 1. The Hall–Kier alpha value is -2.13. The van der Waals surface area contributed by atoms with Gasteiger partial charge >= 0.3 is 6.18 Å². The third-order valence-electron chi connectivity index (χ3n) is 3.41. The number of benzene rings is 1. The van der Waals surface area contributed by atoms with Crippen molar-refractivity contribution in [3.8, 4) is 0 Å². The summed E-state index contributed by atoms with van der Waals surface area (Å²) in [5.74, 6) is 0.115. The average molecular weight is 345 g/mol. The molecule has 0 radical (unpaired) electrons. The number of hydrogen-bond donors (Lipinski definition) is 1. The van der Waals surface area contributed by atoms with Crippen LogP contribution >= 0.6 is 0 Å². The lowest BCUT2D eigenvalue weighted by atomic mass is 10.2. The maximum Gasteiger partial charge on any atom is 0.416 e. The van der Waals surface area contributed by atoms with Crippen LogP contribution in [0.4, 0.5) is 13.2 Å². The zero-order chi connectivity index (χ0) is 17.7. The lowest BCUT2D eigenvalue weighted by Crippen LogP contribution is -2.28. The largest absolute Gasteiger partial charge is 0.416 e. The summed E-state index contributed by atoms with van der Waals surface area (Å²) in [6.07, 6.45) is -4.42. The number of ether oxygens (including phenoxy) is 2. The maximum absolute atomic E-state index is 12.7. The first-order valence-electron chi connectivity index (χ1n) is 7.19. The molecule has 0 bridgehead atoms. The Morgan fingerprint density at radius 2 is 2.08 bits per heavy atom. The third kappa shape index (κ3) is 4.45. The molecule has 132 valence electrons. The molecule has 1 aromatic carbocycles. The number of rotatable bonds is 7. The minimum atomic E-state index is -4.42. The smallest absolute Gasteiger partial charge is 0.382 e. The average Bonchev–Trinajstić information content (AvgIpc) is 2.84. The first kappa shape index (κ1) is 18.2. The fourth-order valence-corrected chi connectivity index (χ4v) is 2.12. The van der Waals surface area contributed by atoms with Gasteiger partial charge in [0.05, 0.1) is 36.4 Å². The number of aromatic nitrogens is 2. The first-order valence-corrected chi connectivity index (χ1v) is 7.19. The molecule has 0 saturated carbocycles. The number of methoxy groups -OCH3 is 1. The predicted octanol–water partition coefficient (Wildman–Crippen LogP) is 1.87. The van der Waals surface area contributed by atoms with Crippen molar-refractivity contribution in [3.05, 3.63) is 29.6 Å². The Kier molecular flexibility index (Phi) is 5.79. The van der Waals surface area contributed by atoms with E-state index >= 15 is 0 Å². The molecule has 1 heterocycles. The molecular formula is C15H18F3N3O3. The molecule has 2 aromatic rings. The molecule has 0 aliphatic carbocycles. The van der Waals surface area contributed by atoms with Crippen LogP contribution in [0.3, 0.4) is 0 Å². The number of halogens is 3. The predicted molar refractivity (Wildman–Crippen MR) is 80.3 cm³/mol. The lowest BCUT2D eigenvalue weighted by molar-refractivity contribution is -0.137. The van der Waals surface area contributed by atoms with Crippen molar-refractivity contribution in [2.45, 2.75) is 12.7 Å². The second kappa shape index (κ2) is 7.63. The van der Waals surface area contributed by atoms with E-state index in [9.17, 15) is 18.0 Å². The van der Waals surface area contributed by atoms with E-state index in [1.54, 1.807) is 11.6 Å². The summed E-state index contributed by atoms with van der Waals surface area (Å²) >= 11 is 0. The van der Waals surface area contributed by atoms with E-state index in [2.05, 4.69) is 10.3 Å². The topological polar surface area (TPSA) is 65.4 Å². The SMILES string of the molecule is COCCOCC(=O)NCc1nc2cc(C(F)(F)F)ccc2n1C. The van der Waals surface area contributed by atoms with E-state index in [0.29, 0.717) is 24.6 Å². The zero-order valence-corrected chi connectivity index (χ0v) is 13.3. The highest BCUT2D eigenvalue weighted by Crippen LogP contribution is 2.31. The van der Waals surface area contributed by atoms with Crippen LogP contribution < -0.4 is 5.32 Å². The summed E-state index contributed by atoms with van der Waals surface area (Å²) < 4.78 is 49.7. The summed E-state index contributed by atoms with van der Waals surface area (Å²) in [6.45, 7) is 0.667. The van der Waals surface area contributed by atoms with E-state index in [1.807, 2.05) is 0 Å². The Balaban J connectivity index is 2.02. The van der Waals surface area contributed by atoms with Crippen molar-refractivity contribution in [1.82, 2.24) is 14.9 Å². The summed E-state index contributed by atoms with van der Waals surface area (Å²) in [5.41, 5.74) is 0.0340. The Bertz CT molecular complexity index is 713. The van der Waals surface area contributed by atoms with Gasteiger partial charge in [0, 0.05) is 14.2 Å². The fourth-order valence-electron chi connectivity index (χ4n) is 2.12.